The molecule has 3 rings (SSSR count). The smallest absolute Gasteiger partial charge is 0.234 e. The number of rotatable bonds is 1. The summed E-state index contributed by atoms with van der Waals surface area (Å²) < 4.78 is 2.13. The van der Waals surface area contributed by atoms with Crippen LogP contribution in [0.4, 0.5) is 5.69 Å². The van der Waals surface area contributed by atoms with Crippen LogP contribution >= 0.6 is 0 Å². The van der Waals surface area contributed by atoms with Crippen molar-refractivity contribution in [2.75, 3.05) is 5.32 Å². The largest absolute Gasteiger partial charge is 0.328 e. The van der Waals surface area contributed by atoms with Gasteiger partial charge in [-0.05, 0) is 45.4 Å². The second-order valence-electron chi connectivity index (χ2n) is 5.71. The molecule has 0 bridgehead atoms. The second-order valence-corrected chi connectivity index (χ2v) is 5.71. The fourth-order valence-electron chi connectivity index (χ4n) is 2.51. The molecule has 0 saturated carbocycles. The van der Waals surface area contributed by atoms with E-state index in [2.05, 4.69) is 34.8 Å². The van der Waals surface area contributed by atoms with Gasteiger partial charge in [-0.25, -0.2) is 4.98 Å². The Hall–Kier alpha value is -1.84. The van der Waals surface area contributed by atoms with E-state index in [1.54, 1.807) is 0 Å². The predicted octanol–water partition coefficient (Wildman–Crippen LogP) is 2.85. The summed E-state index contributed by atoms with van der Waals surface area (Å²) in [5.41, 5.74) is 3.51. The summed E-state index contributed by atoms with van der Waals surface area (Å²) in [6.45, 7) is 8.16. The minimum Gasteiger partial charge on any atom is -0.328 e. The monoisotopic (exact) mass is 243 g/mol. The summed E-state index contributed by atoms with van der Waals surface area (Å²) in [5.74, 6) is 0.0567. The third-order valence-electron chi connectivity index (χ3n) is 3.76. The Balaban J connectivity index is 2.30. The molecule has 1 aliphatic heterocycles. The van der Waals surface area contributed by atoms with Crippen molar-refractivity contribution in [3.05, 3.63) is 24.0 Å². The first-order chi connectivity index (χ1) is 8.41. The van der Waals surface area contributed by atoms with Crippen LogP contribution in [0.2, 0.25) is 0 Å². The maximum atomic E-state index is 11.9. The summed E-state index contributed by atoms with van der Waals surface area (Å²) in [7, 11) is 0. The normalized spacial score (nSPS) is 17.3. The Morgan fingerprint density at radius 3 is 2.72 bits per heavy atom. The highest BCUT2D eigenvalue weighted by Gasteiger charge is 2.38. The topological polar surface area (TPSA) is 46.9 Å². The van der Waals surface area contributed by atoms with Gasteiger partial charge in [0.15, 0.2) is 0 Å². The molecule has 2 aromatic rings. The molecule has 4 nitrogen and oxygen atoms in total. The van der Waals surface area contributed by atoms with Crippen molar-refractivity contribution in [2.24, 2.45) is 0 Å². The highest BCUT2D eigenvalue weighted by atomic mass is 16.2. The minimum atomic E-state index is -0.463. The molecule has 1 aliphatic rings. The number of fused-ring (bicyclic) bond motifs is 2. The minimum absolute atomic E-state index is 0.0567. The van der Waals surface area contributed by atoms with Crippen molar-refractivity contribution >= 4 is 22.6 Å². The molecular weight excluding hydrogens is 226 g/mol. The van der Waals surface area contributed by atoms with Gasteiger partial charge in [-0.3, -0.25) is 4.79 Å². The van der Waals surface area contributed by atoms with Crippen molar-refractivity contribution in [1.82, 2.24) is 9.55 Å². The van der Waals surface area contributed by atoms with Crippen LogP contribution in [0.15, 0.2) is 18.5 Å². The third-order valence-corrected chi connectivity index (χ3v) is 3.76. The lowest BCUT2D eigenvalue weighted by Gasteiger charge is -2.15. The Morgan fingerprint density at radius 1 is 1.33 bits per heavy atom. The molecule has 0 unspecified atom stereocenters. The fourth-order valence-corrected chi connectivity index (χ4v) is 2.51. The molecule has 1 aromatic carbocycles. The number of imidazole rings is 1. The first kappa shape index (κ1) is 11.3. The first-order valence-corrected chi connectivity index (χ1v) is 6.24. The number of carbonyl (C=O) groups is 1. The number of aromatic nitrogens is 2. The van der Waals surface area contributed by atoms with Crippen LogP contribution in [0.3, 0.4) is 0 Å². The standard InChI is InChI=1S/C14H17N3O/c1-8(2)17-7-15-11-6-10-9(5-12(11)17)14(3,4)13(18)16-10/h5-8H,1-4H3,(H,16,18). The number of amides is 1. The van der Waals surface area contributed by atoms with E-state index in [9.17, 15) is 4.79 Å². The zero-order valence-electron chi connectivity index (χ0n) is 11.1. The Morgan fingerprint density at radius 2 is 2.06 bits per heavy atom. The summed E-state index contributed by atoms with van der Waals surface area (Å²) in [6, 6.07) is 4.42. The lowest BCUT2D eigenvalue weighted by molar-refractivity contribution is -0.119. The molecule has 1 amide bonds. The Bertz CT molecular complexity index is 652. The number of hydrogen-bond acceptors (Lipinski definition) is 2. The van der Waals surface area contributed by atoms with Crippen LogP contribution in [0, 0.1) is 0 Å². The van der Waals surface area contributed by atoms with Crippen LogP contribution in [0.1, 0.15) is 39.3 Å². The van der Waals surface area contributed by atoms with E-state index in [4.69, 9.17) is 0 Å². The van der Waals surface area contributed by atoms with E-state index in [0.717, 1.165) is 22.3 Å². The number of benzene rings is 1. The molecule has 0 saturated heterocycles. The number of hydrogen-bond donors (Lipinski definition) is 1. The molecule has 0 aliphatic carbocycles. The summed E-state index contributed by atoms with van der Waals surface area (Å²) in [6.07, 6.45) is 1.86. The van der Waals surface area contributed by atoms with E-state index in [0.29, 0.717) is 6.04 Å². The summed E-state index contributed by atoms with van der Waals surface area (Å²) in [4.78, 5) is 16.3. The van der Waals surface area contributed by atoms with Gasteiger partial charge in [0, 0.05) is 11.7 Å². The van der Waals surface area contributed by atoms with Gasteiger partial charge in [-0.2, -0.15) is 0 Å². The fraction of sp³-hybridized carbons (Fsp3) is 0.429. The van der Waals surface area contributed by atoms with E-state index in [1.807, 2.05) is 26.2 Å². The number of nitrogens with zero attached hydrogens (tertiary/aromatic N) is 2. The van der Waals surface area contributed by atoms with E-state index in [-0.39, 0.29) is 5.91 Å². The third kappa shape index (κ3) is 1.32. The van der Waals surface area contributed by atoms with Gasteiger partial charge in [0.25, 0.3) is 0 Å². The van der Waals surface area contributed by atoms with Gasteiger partial charge in [-0.15, -0.1) is 0 Å². The Kier molecular flexibility index (Phi) is 2.09. The quantitative estimate of drug-likeness (QED) is 0.837. The molecule has 1 N–H and O–H groups in total. The Labute approximate surface area is 106 Å². The molecule has 4 heteroatoms. The first-order valence-electron chi connectivity index (χ1n) is 6.24. The zero-order chi connectivity index (χ0) is 13.1. The maximum Gasteiger partial charge on any atom is 0.234 e. The van der Waals surface area contributed by atoms with Crippen LogP contribution in [-0.2, 0) is 10.2 Å². The SMILES string of the molecule is CC(C)n1cnc2cc3c(cc21)C(C)(C)C(=O)N3. The van der Waals surface area contributed by atoms with Crippen molar-refractivity contribution in [3.63, 3.8) is 0 Å². The maximum absolute atomic E-state index is 11.9. The van der Waals surface area contributed by atoms with Gasteiger partial charge in [-0.1, -0.05) is 0 Å². The van der Waals surface area contributed by atoms with Gasteiger partial charge < -0.3 is 9.88 Å². The highest BCUT2D eigenvalue weighted by Crippen LogP contribution is 2.39. The zero-order valence-corrected chi connectivity index (χ0v) is 11.1. The molecule has 0 radical (unpaired) electrons. The molecule has 94 valence electrons. The van der Waals surface area contributed by atoms with Crippen LogP contribution < -0.4 is 5.32 Å². The molecule has 18 heavy (non-hydrogen) atoms. The molecule has 0 fully saturated rings. The van der Waals surface area contributed by atoms with Crippen LogP contribution in [0.5, 0.6) is 0 Å². The van der Waals surface area contributed by atoms with Gasteiger partial charge >= 0.3 is 0 Å². The van der Waals surface area contributed by atoms with Gasteiger partial charge in [0.1, 0.15) is 0 Å². The van der Waals surface area contributed by atoms with E-state index >= 15 is 0 Å². The van der Waals surface area contributed by atoms with Crippen molar-refractivity contribution < 1.29 is 4.79 Å². The average molecular weight is 243 g/mol. The highest BCUT2D eigenvalue weighted by molar-refractivity contribution is 6.07. The molecular formula is C14H17N3O. The molecule has 0 atom stereocenters. The predicted molar refractivity (Wildman–Crippen MR) is 71.8 cm³/mol. The molecule has 0 spiro atoms. The van der Waals surface area contributed by atoms with Crippen molar-refractivity contribution in [1.29, 1.82) is 0 Å². The number of nitrogens with one attached hydrogen (secondary N) is 1. The number of anilines is 1. The summed E-state index contributed by atoms with van der Waals surface area (Å²) in [5, 5.41) is 2.93. The van der Waals surface area contributed by atoms with Crippen LogP contribution in [0.25, 0.3) is 11.0 Å². The second kappa shape index (κ2) is 3.34. The van der Waals surface area contributed by atoms with E-state index in [1.165, 1.54) is 0 Å². The lowest BCUT2D eigenvalue weighted by Crippen LogP contribution is -2.26. The lowest BCUT2D eigenvalue weighted by atomic mass is 9.86. The summed E-state index contributed by atoms with van der Waals surface area (Å²) >= 11 is 0. The molecule has 1 aromatic heterocycles. The van der Waals surface area contributed by atoms with Crippen molar-refractivity contribution in [3.8, 4) is 0 Å². The van der Waals surface area contributed by atoms with Crippen LogP contribution in [-0.4, -0.2) is 15.5 Å². The van der Waals surface area contributed by atoms with Gasteiger partial charge in [0.05, 0.1) is 22.8 Å². The molecule has 2 heterocycles. The average Bonchev–Trinajstić information content (AvgIpc) is 2.78. The van der Waals surface area contributed by atoms with E-state index < -0.39 is 5.41 Å². The number of carbonyl (C=O) groups excluding carboxylic acids is 1. The van der Waals surface area contributed by atoms with Gasteiger partial charge in [0.2, 0.25) is 5.91 Å². The van der Waals surface area contributed by atoms with Crippen molar-refractivity contribution in [2.45, 2.75) is 39.2 Å².